The van der Waals surface area contributed by atoms with Crippen molar-refractivity contribution in [1.82, 2.24) is 0 Å². The van der Waals surface area contributed by atoms with Gasteiger partial charge in [0.05, 0.1) is 11.6 Å². The van der Waals surface area contributed by atoms with Gasteiger partial charge in [0.2, 0.25) is 0 Å². The summed E-state index contributed by atoms with van der Waals surface area (Å²) < 4.78 is 40.1. The minimum atomic E-state index is -1.23. The summed E-state index contributed by atoms with van der Waals surface area (Å²) >= 11 is 0. The fourth-order valence-electron chi connectivity index (χ4n) is 1.70. The van der Waals surface area contributed by atoms with E-state index in [-0.39, 0.29) is 11.3 Å². The maximum absolute atomic E-state index is 13.6. The van der Waals surface area contributed by atoms with Crippen molar-refractivity contribution in [3.8, 4) is 6.07 Å². The molecule has 2 nitrogen and oxygen atoms in total. The van der Waals surface area contributed by atoms with Gasteiger partial charge in [0.15, 0.2) is 0 Å². The lowest BCUT2D eigenvalue weighted by Crippen LogP contribution is -2.12. The van der Waals surface area contributed by atoms with Crippen molar-refractivity contribution in [2.45, 2.75) is 6.04 Å². The van der Waals surface area contributed by atoms with Crippen LogP contribution in [0.5, 0.6) is 0 Å². The number of anilines is 1. The lowest BCUT2D eigenvalue weighted by molar-refractivity contribution is 0.552. The predicted molar refractivity (Wildman–Crippen MR) is 64.7 cm³/mol. The van der Waals surface area contributed by atoms with Gasteiger partial charge in [0.1, 0.15) is 23.5 Å². The molecule has 0 saturated heterocycles. The van der Waals surface area contributed by atoms with Crippen LogP contribution in [0.2, 0.25) is 0 Å². The standard InChI is InChI=1S/C14H9F3N2/c15-9-3-1-4-10(7-9)19-13(8-18)14-11(16)5-2-6-12(14)17/h1-7,13,19H. The first-order valence-electron chi connectivity index (χ1n) is 5.47. The van der Waals surface area contributed by atoms with Crippen LogP contribution in [0.15, 0.2) is 42.5 Å². The molecule has 0 fully saturated rings. The molecule has 2 rings (SSSR count). The zero-order valence-corrected chi connectivity index (χ0v) is 9.70. The fraction of sp³-hybridized carbons (Fsp3) is 0.0714. The predicted octanol–water partition coefficient (Wildman–Crippen LogP) is 3.78. The Morgan fingerprint density at radius 2 is 1.63 bits per heavy atom. The molecule has 5 heteroatoms. The zero-order chi connectivity index (χ0) is 13.8. The Hall–Kier alpha value is -2.48. The van der Waals surface area contributed by atoms with E-state index in [0.717, 1.165) is 18.2 Å². The summed E-state index contributed by atoms with van der Waals surface area (Å²) in [5.74, 6) is -2.15. The number of nitrogens with one attached hydrogen (secondary N) is 1. The summed E-state index contributed by atoms with van der Waals surface area (Å²) in [6.45, 7) is 0. The van der Waals surface area contributed by atoms with Gasteiger partial charge in [0.25, 0.3) is 0 Å². The summed E-state index contributed by atoms with van der Waals surface area (Å²) in [7, 11) is 0. The van der Waals surface area contributed by atoms with E-state index in [9.17, 15) is 13.2 Å². The Kier molecular flexibility index (Phi) is 3.71. The van der Waals surface area contributed by atoms with E-state index in [1.807, 2.05) is 0 Å². The molecule has 0 heterocycles. The maximum Gasteiger partial charge on any atom is 0.145 e. The minimum absolute atomic E-state index is 0.272. The van der Waals surface area contributed by atoms with Crippen LogP contribution < -0.4 is 5.32 Å². The first-order valence-corrected chi connectivity index (χ1v) is 5.47. The largest absolute Gasteiger partial charge is 0.366 e. The van der Waals surface area contributed by atoms with Crippen LogP contribution in [0.3, 0.4) is 0 Å². The molecule has 1 N–H and O–H groups in total. The number of hydrogen-bond acceptors (Lipinski definition) is 2. The van der Waals surface area contributed by atoms with Gasteiger partial charge in [0, 0.05) is 5.69 Å². The van der Waals surface area contributed by atoms with Crippen molar-refractivity contribution in [2.24, 2.45) is 0 Å². The average Bonchev–Trinajstić information content (AvgIpc) is 2.37. The SMILES string of the molecule is N#CC(Nc1cccc(F)c1)c1c(F)cccc1F. The number of nitriles is 1. The Balaban J connectivity index is 2.34. The summed E-state index contributed by atoms with van der Waals surface area (Å²) in [6, 6.07) is 9.18. The number of nitrogens with zero attached hydrogens (tertiary/aromatic N) is 1. The second-order valence-corrected chi connectivity index (χ2v) is 3.85. The molecule has 96 valence electrons. The third-order valence-corrected chi connectivity index (χ3v) is 2.55. The molecule has 0 aliphatic heterocycles. The molecule has 0 aromatic heterocycles. The van der Waals surface area contributed by atoms with Crippen LogP contribution in [0.4, 0.5) is 18.9 Å². The summed E-state index contributed by atoms with van der Waals surface area (Å²) in [6.07, 6.45) is 0. The van der Waals surface area contributed by atoms with E-state index in [4.69, 9.17) is 5.26 Å². The average molecular weight is 262 g/mol. The molecular weight excluding hydrogens is 253 g/mol. The highest BCUT2D eigenvalue weighted by Crippen LogP contribution is 2.24. The molecule has 1 unspecified atom stereocenters. The topological polar surface area (TPSA) is 35.8 Å². The van der Waals surface area contributed by atoms with Crippen LogP contribution in [0.1, 0.15) is 11.6 Å². The smallest absolute Gasteiger partial charge is 0.145 e. The highest BCUT2D eigenvalue weighted by atomic mass is 19.1. The second kappa shape index (κ2) is 5.44. The van der Waals surface area contributed by atoms with Gasteiger partial charge in [-0.25, -0.2) is 13.2 Å². The van der Waals surface area contributed by atoms with Crippen LogP contribution in [0.25, 0.3) is 0 Å². The molecule has 19 heavy (non-hydrogen) atoms. The van der Waals surface area contributed by atoms with Crippen molar-refractivity contribution < 1.29 is 13.2 Å². The lowest BCUT2D eigenvalue weighted by atomic mass is 10.1. The normalized spacial score (nSPS) is 11.7. The molecular formula is C14H9F3N2. The van der Waals surface area contributed by atoms with Crippen LogP contribution >= 0.6 is 0 Å². The fourth-order valence-corrected chi connectivity index (χ4v) is 1.70. The highest BCUT2D eigenvalue weighted by molar-refractivity contribution is 5.48. The highest BCUT2D eigenvalue weighted by Gasteiger charge is 2.19. The number of halogens is 3. The molecule has 2 aromatic carbocycles. The van der Waals surface area contributed by atoms with Crippen molar-refractivity contribution in [3.05, 3.63) is 65.5 Å². The Labute approximate surface area is 108 Å². The van der Waals surface area contributed by atoms with E-state index in [1.54, 1.807) is 6.07 Å². The van der Waals surface area contributed by atoms with Gasteiger partial charge in [-0.3, -0.25) is 0 Å². The molecule has 0 aliphatic rings. The maximum atomic E-state index is 13.6. The van der Waals surface area contributed by atoms with Crippen LogP contribution in [-0.2, 0) is 0 Å². The molecule has 0 aliphatic carbocycles. The van der Waals surface area contributed by atoms with Crippen LogP contribution in [-0.4, -0.2) is 0 Å². The van der Waals surface area contributed by atoms with Gasteiger partial charge in [-0.05, 0) is 30.3 Å². The lowest BCUT2D eigenvalue weighted by Gasteiger charge is -2.14. The molecule has 0 bridgehead atoms. The van der Waals surface area contributed by atoms with E-state index in [0.29, 0.717) is 0 Å². The van der Waals surface area contributed by atoms with Gasteiger partial charge >= 0.3 is 0 Å². The van der Waals surface area contributed by atoms with Gasteiger partial charge in [-0.1, -0.05) is 12.1 Å². The number of benzene rings is 2. The van der Waals surface area contributed by atoms with E-state index < -0.39 is 23.5 Å². The molecule has 0 spiro atoms. The summed E-state index contributed by atoms with van der Waals surface area (Å²) in [4.78, 5) is 0. The number of hydrogen-bond donors (Lipinski definition) is 1. The Morgan fingerprint density at radius 3 is 2.21 bits per heavy atom. The summed E-state index contributed by atoms with van der Waals surface area (Å²) in [5, 5.41) is 11.6. The molecule has 0 saturated carbocycles. The van der Waals surface area contributed by atoms with Crippen molar-refractivity contribution in [1.29, 1.82) is 5.26 Å². The number of rotatable bonds is 3. The summed E-state index contributed by atoms with van der Waals surface area (Å²) in [5.41, 5.74) is -0.108. The second-order valence-electron chi connectivity index (χ2n) is 3.85. The van der Waals surface area contributed by atoms with E-state index in [1.165, 1.54) is 24.3 Å². The first kappa shape index (κ1) is 13.0. The quantitative estimate of drug-likeness (QED) is 0.913. The van der Waals surface area contributed by atoms with Gasteiger partial charge < -0.3 is 5.32 Å². The van der Waals surface area contributed by atoms with Gasteiger partial charge in [-0.2, -0.15) is 5.26 Å². The zero-order valence-electron chi connectivity index (χ0n) is 9.70. The Morgan fingerprint density at radius 1 is 1.00 bits per heavy atom. The van der Waals surface area contributed by atoms with Crippen molar-refractivity contribution in [3.63, 3.8) is 0 Å². The third-order valence-electron chi connectivity index (χ3n) is 2.55. The minimum Gasteiger partial charge on any atom is -0.366 e. The molecule has 2 aromatic rings. The van der Waals surface area contributed by atoms with Gasteiger partial charge in [-0.15, -0.1) is 0 Å². The monoisotopic (exact) mass is 262 g/mol. The van der Waals surface area contributed by atoms with Crippen molar-refractivity contribution >= 4 is 5.69 Å². The van der Waals surface area contributed by atoms with E-state index >= 15 is 0 Å². The van der Waals surface area contributed by atoms with Crippen LogP contribution in [0, 0.1) is 28.8 Å². The molecule has 1 atom stereocenters. The van der Waals surface area contributed by atoms with E-state index in [2.05, 4.69) is 5.32 Å². The molecule has 0 amide bonds. The Bertz CT molecular complexity index is 615. The third kappa shape index (κ3) is 2.86. The first-order chi connectivity index (χ1) is 9.11. The molecule has 0 radical (unpaired) electrons. The van der Waals surface area contributed by atoms with Crippen molar-refractivity contribution in [2.75, 3.05) is 5.32 Å².